The third-order valence-corrected chi connectivity index (χ3v) is 7.55. The molecule has 7 nitrogen and oxygen atoms in total. The third-order valence-electron chi connectivity index (χ3n) is 5.80. The number of fused-ring (bicyclic) bond motifs is 3. The van der Waals surface area contributed by atoms with Crippen LogP contribution in [0.25, 0.3) is 21.8 Å². The molecule has 1 saturated heterocycles. The van der Waals surface area contributed by atoms with Crippen LogP contribution in [0.1, 0.15) is 18.5 Å². The van der Waals surface area contributed by atoms with Crippen molar-refractivity contribution in [3.63, 3.8) is 0 Å². The van der Waals surface area contributed by atoms with Gasteiger partial charge < -0.3 is 14.8 Å². The molecule has 1 aliphatic rings. The maximum absolute atomic E-state index is 13.0. The van der Waals surface area contributed by atoms with Crippen LogP contribution in [-0.2, 0) is 21.1 Å². The Hall–Kier alpha value is -2.45. The fraction of sp³-hybridized carbons (Fsp3) is 0.455. The largest absolute Gasteiger partial charge is 0.353 e. The molecule has 1 N–H and O–H groups in total. The van der Waals surface area contributed by atoms with Crippen LogP contribution in [0.4, 0.5) is 0 Å². The van der Waals surface area contributed by atoms with Crippen molar-refractivity contribution in [2.24, 2.45) is 0 Å². The molecular weight excluding hydrogens is 400 g/mol. The van der Waals surface area contributed by atoms with Gasteiger partial charge in [-0.25, -0.2) is 8.42 Å². The summed E-state index contributed by atoms with van der Waals surface area (Å²) < 4.78 is 23.9. The quantitative estimate of drug-likeness (QED) is 0.624. The van der Waals surface area contributed by atoms with Crippen molar-refractivity contribution < 1.29 is 13.2 Å². The van der Waals surface area contributed by atoms with Gasteiger partial charge in [-0.15, -0.1) is 0 Å². The Kier molecular flexibility index (Phi) is 5.79. The number of H-pyrrole nitrogens is 1. The number of likely N-dealkylation sites (N-methyl/N-ethyl adjacent to an activating group) is 1. The van der Waals surface area contributed by atoms with E-state index in [9.17, 15) is 13.2 Å². The monoisotopic (exact) mass is 428 g/mol. The predicted molar refractivity (Wildman–Crippen MR) is 119 cm³/mol. The van der Waals surface area contributed by atoms with Crippen LogP contribution >= 0.6 is 0 Å². The van der Waals surface area contributed by atoms with E-state index in [1.165, 1.54) is 0 Å². The van der Waals surface area contributed by atoms with Gasteiger partial charge in [0.05, 0.1) is 23.2 Å². The van der Waals surface area contributed by atoms with Crippen LogP contribution in [0.3, 0.4) is 0 Å². The van der Waals surface area contributed by atoms with Gasteiger partial charge in [0.1, 0.15) is 0 Å². The Morgan fingerprint density at radius 2 is 1.97 bits per heavy atom. The topological polar surface area (TPSA) is 86.4 Å². The second-order valence-corrected chi connectivity index (χ2v) is 10.6. The first kappa shape index (κ1) is 20.8. The van der Waals surface area contributed by atoms with Crippen LogP contribution in [-0.4, -0.2) is 78.8 Å². The minimum Gasteiger partial charge on any atom is -0.353 e. The molecule has 3 heterocycles. The van der Waals surface area contributed by atoms with Crippen LogP contribution in [0.15, 0.2) is 36.5 Å². The van der Waals surface area contributed by atoms with Crippen molar-refractivity contribution in [2.45, 2.75) is 25.3 Å². The maximum atomic E-state index is 13.0. The lowest BCUT2D eigenvalue weighted by atomic mass is 10.1. The number of aromatic amines is 1. The highest BCUT2D eigenvalue weighted by molar-refractivity contribution is 7.91. The maximum Gasteiger partial charge on any atom is 0.223 e. The van der Waals surface area contributed by atoms with E-state index >= 15 is 0 Å². The summed E-state index contributed by atoms with van der Waals surface area (Å²) in [5.41, 5.74) is 2.92. The van der Waals surface area contributed by atoms with Gasteiger partial charge in [0, 0.05) is 47.5 Å². The summed E-state index contributed by atoms with van der Waals surface area (Å²) in [5, 5.41) is 2.25. The summed E-state index contributed by atoms with van der Waals surface area (Å²) in [5.74, 6) is 0.244. The molecule has 1 unspecified atom stereocenters. The summed E-state index contributed by atoms with van der Waals surface area (Å²) in [6.45, 7) is 1.25. The summed E-state index contributed by atoms with van der Waals surface area (Å²) in [6, 6.07) is 9.95. The van der Waals surface area contributed by atoms with Crippen LogP contribution < -0.4 is 0 Å². The molecule has 1 aromatic carbocycles. The van der Waals surface area contributed by atoms with E-state index < -0.39 is 9.84 Å². The van der Waals surface area contributed by atoms with Crippen LogP contribution in [0.5, 0.6) is 0 Å². The number of hydrogen-bond donors (Lipinski definition) is 1. The summed E-state index contributed by atoms with van der Waals surface area (Å²) in [4.78, 5) is 24.7. The molecule has 1 amide bonds. The van der Waals surface area contributed by atoms with Gasteiger partial charge in [0.2, 0.25) is 5.91 Å². The molecule has 1 aliphatic heterocycles. The highest BCUT2D eigenvalue weighted by Crippen LogP contribution is 2.25. The number of para-hydroxylation sites is 1. The lowest BCUT2D eigenvalue weighted by Crippen LogP contribution is -2.44. The van der Waals surface area contributed by atoms with Crippen molar-refractivity contribution >= 4 is 37.6 Å². The van der Waals surface area contributed by atoms with Crippen LogP contribution in [0, 0.1) is 0 Å². The van der Waals surface area contributed by atoms with Crippen molar-refractivity contribution in [1.82, 2.24) is 19.8 Å². The number of sulfone groups is 1. The van der Waals surface area contributed by atoms with E-state index in [1.54, 1.807) is 4.90 Å². The number of nitrogens with zero attached hydrogens (tertiary/aromatic N) is 3. The number of pyridine rings is 1. The summed E-state index contributed by atoms with van der Waals surface area (Å²) >= 11 is 0. The normalized spacial score (nSPS) is 18.4. The highest BCUT2D eigenvalue weighted by atomic mass is 32.2. The molecule has 1 atom stereocenters. The van der Waals surface area contributed by atoms with Crippen molar-refractivity contribution in [3.05, 3.63) is 42.2 Å². The number of carbonyl (C=O) groups is 1. The molecule has 8 heteroatoms. The smallest absolute Gasteiger partial charge is 0.223 e. The standard InChI is InChI=1S/C22H28N4O3S/c1-25(2)10-11-26(17-9-12-30(28,29)15-17)22(27)8-7-16-13-19-18-5-3-4-6-20(18)24-21(19)14-23-16/h3-6,13-14,17,24H,7-12,15H2,1-2H3. The minimum absolute atomic E-state index is 0.000210. The average Bonchev–Trinajstić information content (AvgIpc) is 3.25. The summed E-state index contributed by atoms with van der Waals surface area (Å²) in [6.07, 6.45) is 3.21. The number of rotatable bonds is 7. The molecule has 160 valence electrons. The molecule has 3 aromatic rings. The van der Waals surface area contributed by atoms with E-state index in [0.29, 0.717) is 32.4 Å². The first-order chi connectivity index (χ1) is 14.3. The van der Waals surface area contributed by atoms with Gasteiger partial charge in [-0.1, -0.05) is 18.2 Å². The lowest BCUT2D eigenvalue weighted by molar-refractivity contribution is -0.133. The van der Waals surface area contributed by atoms with Crippen molar-refractivity contribution in [3.8, 4) is 0 Å². The van der Waals surface area contributed by atoms with E-state index in [0.717, 1.165) is 27.5 Å². The fourth-order valence-corrected chi connectivity index (χ4v) is 5.88. The zero-order chi connectivity index (χ0) is 21.3. The molecule has 0 aliphatic carbocycles. The van der Waals surface area contributed by atoms with Gasteiger partial charge in [-0.05, 0) is 39.1 Å². The van der Waals surface area contributed by atoms with E-state index in [4.69, 9.17) is 0 Å². The Morgan fingerprint density at radius 1 is 1.17 bits per heavy atom. The molecule has 0 spiro atoms. The van der Waals surface area contributed by atoms with E-state index in [2.05, 4.69) is 16.0 Å². The van der Waals surface area contributed by atoms with Crippen molar-refractivity contribution in [1.29, 1.82) is 0 Å². The zero-order valence-corrected chi connectivity index (χ0v) is 18.3. The first-order valence-electron chi connectivity index (χ1n) is 10.3. The second-order valence-electron chi connectivity index (χ2n) is 8.34. The second kappa shape index (κ2) is 8.35. The Bertz CT molecular complexity index is 1170. The molecule has 1 fully saturated rings. The number of amides is 1. The van der Waals surface area contributed by atoms with Crippen molar-refractivity contribution in [2.75, 3.05) is 38.7 Å². The minimum atomic E-state index is -3.04. The predicted octanol–water partition coefficient (Wildman–Crippen LogP) is 2.23. The summed E-state index contributed by atoms with van der Waals surface area (Å²) in [7, 11) is 0.864. The number of nitrogens with one attached hydrogen (secondary N) is 1. The van der Waals surface area contributed by atoms with Crippen LogP contribution in [0.2, 0.25) is 0 Å². The third kappa shape index (κ3) is 4.49. The molecular formula is C22H28N4O3S. The Morgan fingerprint density at radius 3 is 2.70 bits per heavy atom. The SMILES string of the molecule is CN(C)CCN(C(=O)CCc1cc2c(cn1)[nH]c1ccccc12)C1CCS(=O)(=O)C1. The molecule has 4 rings (SSSR count). The van der Waals surface area contributed by atoms with Gasteiger partial charge in [0.25, 0.3) is 0 Å². The number of benzene rings is 1. The first-order valence-corrected chi connectivity index (χ1v) is 12.1. The van der Waals surface area contributed by atoms with Gasteiger partial charge >= 0.3 is 0 Å². The number of aryl methyl sites for hydroxylation is 1. The molecule has 0 radical (unpaired) electrons. The number of carbonyl (C=O) groups excluding carboxylic acids is 1. The lowest BCUT2D eigenvalue weighted by Gasteiger charge is -2.29. The average molecular weight is 429 g/mol. The molecule has 2 aromatic heterocycles. The van der Waals surface area contributed by atoms with Gasteiger partial charge in [-0.2, -0.15) is 0 Å². The fourth-order valence-electron chi connectivity index (χ4n) is 4.15. The molecule has 0 bridgehead atoms. The van der Waals surface area contributed by atoms with Gasteiger partial charge in [0.15, 0.2) is 9.84 Å². The van der Waals surface area contributed by atoms with E-state index in [1.807, 2.05) is 49.5 Å². The highest BCUT2D eigenvalue weighted by Gasteiger charge is 2.34. The van der Waals surface area contributed by atoms with E-state index in [-0.39, 0.29) is 23.5 Å². The Labute approximate surface area is 177 Å². The number of aromatic nitrogens is 2. The number of hydrogen-bond acceptors (Lipinski definition) is 5. The molecule has 30 heavy (non-hydrogen) atoms. The van der Waals surface area contributed by atoms with Gasteiger partial charge in [-0.3, -0.25) is 9.78 Å². The Balaban J connectivity index is 1.49. The molecule has 0 saturated carbocycles. The zero-order valence-electron chi connectivity index (χ0n) is 17.5.